The molecule has 0 fully saturated rings. The van der Waals surface area contributed by atoms with Crippen LogP contribution in [0.25, 0.3) is 0 Å². The Morgan fingerprint density at radius 3 is 2.38 bits per heavy atom. The molecule has 1 aromatic rings. The van der Waals surface area contributed by atoms with E-state index in [0.29, 0.717) is 18.4 Å². The predicted octanol–water partition coefficient (Wildman–Crippen LogP) is 1.66. The van der Waals surface area contributed by atoms with Crippen LogP contribution in [0.1, 0.15) is 44.0 Å². The lowest BCUT2D eigenvalue weighted by atomic mass is 10.0. The highest BCUT2D eigenvalue weighted by Gasteiger charge is 2.07. The molecule has 0 bridgehead atoms. The van der Waals surface area contributed by atoms with Gasteiger partial charge in [0, 0.05) is 23.9 Å². The number of nitrogens with zero attached hydrogens (tertiary/aromatic N) is 2. The van der Waals surface area contributed by atoms with Crippen LogP contribution in [0, 0.1) is 0 Å². The van der Waals surface area contributed by atoms with E-state index in [1.54, 1.807) is 6.33 Å². The van der Waals surface area contributed by atoms with Crippen molar-refractivity contribution in [2.75, 3.05) is 6.54 Å². The van der Waals surface area contributed by atoms with Gasteiger partial charge in [-0.15, -0.1) is 0 Å². The molecule has 0 aliphatic heterocycles. The Kier molecular flexibility index (Phi) is 3.37. The molecule has 0 aromatic carbocycles. The van der Waals surface area contributed by atoms with Crippen LogP contribution >= 0.6 is 0 Å². The summed E-state index contributed by atoms with van der Waals surface area (Å²) in [6, 6.07) is 2.04. The summed E-state index contributed by atoms with van der Waals surface area (Å²) in [4.78, 5) is 8.41. The summed E-state index contributed by atoms with van der Waals surface area (Å²) in [5, 5.41) is 0. The number of hydrogen-bond acceptors (Lipinski definition) is 3. The van der Waals surface area contributed by atoms with Crippen molar-refractivity contribution >= 4 is 0 Å². The van der Waals surface area contributed by atoms with Crippen molar-refractivity contribution in [3.8, 4) is 0 Å². The molecular formula is C10H17N3. The molecule has 0 radical (unpaired) electrons. The van der Waals surface area contributed by atoms with Gasteiger partial charge >= 0.3 is 0 Å². The van der Waals surface area contributed by atoms with Gasteiger partial charge in [0.2, 0.25) is 0 Å². The number of nitrogens with two attached hydrogens (primary N) is 1. The molecule has 0 aliphatic carbocycles. The first-order chi connectivity index (χ1) is 6.15. The highest BCUT2D eigenvalue weighted by atomic mass is 14.8. The van der Waals surface area contributed by atoms with Gasteiger partial charge in [-0.1, -0.05) is 20.8 Å². The summed E-state index contributed by atoms with van der Waals surface area (Å²) < 4.78 is 0. The van der Waals surface area contributed by atoms with Crippen LogP contribution in [-0.2, 0) is 0 Å². The van der Waals surface area contributed by atoms with Crippen molar-refractivity contribution in [1.29, 1.82) is 0 Å². The van der Waals surface area contributed by atoms with Crippen LogP contribution in [0.3, 0.4) is 0 Å². The van der Waals surface area contributed by atoms with Gasteiger partial charge in [-0.3, -0.25) is 0 Å². The van der Waals surface area contributed by atoms with Gasteiger partial charge in [0.15, 0.2) is 0 Å². The Morgan fingerprint density at radius 1 is 1.23 bits per heavy atom. The Labute approximate surface area is 79.4 Å². The van der Waals surface area contributed by atoms with E-state index in [1.165, 1.54) is 0 Å². The van der Waals surface area contributed by atoms with E-state index in [0.717, 1.165) is 11.4 Å². The second-order valence-corrected chi connectivity index (χ2v) is 3.66. The molecule has 1 heterocycles. The zero-order chi connectivity index (χ0) is 9.84. The Bertz CT molecular complexity index is 271. The largest absolute Gasteiger partial charge is 0.330 e. The fourth-order valence-corrected chi connectivity index (χ4v) is 1.09. The van der Waals surface area contributed by atoms with Gasteiger partial charge in [-0.25, -0.2) is 9.97 Å². The minimum Gasteiger partial charge on any atom is -0.330 e. The molecule has 0 saturated heterocycles. The summed E-state index contributed by atoms with van der Waals surface area (Å²) in [5.74, 6) is 0.771. The van der Waals surface area contributed by atoms with Crippen molar-refractivity contribution in [1.82, 2.24) is 9.97 Å². The van der Waals surface area contributed by atoms with Crippen LogP contribution in [0.4, 0.5) is 0 Å². The van der Waals surface area contributed by atoms with E-state index in [-0.39, 0.29) is 0 Å². The number of rotatable bonds is 3. The third-order valence-electron chi connectivity index (χ3n) is 2.16. The standard InChI is InChI=1S/C10H17N3/c1-7(2)9-4-10(8(3)5-11)13-6-12-9/h4,6-8H,5,11H2,1-3H3. The summed E-state index contributed by atoms with van der Waals surface area (Å²) in [6.07, 6.45) is 1.62. The first-order valence-electron chi connectivity index (χ1n) is 4.67. The average molecular weight is 179 g/mol. The molecule has 0 aliphatic rings. The smallest absolute Gasteiger partial charge is 0.115 e. The normalized spacial score (nSPS) is 13.3. The fourth-order valence-electron chi connectivity index (χ4n) is 1.09. The van der Waals surface area contributed by atoms with Gasteiger partial charge in [0.25, 0.3) is 0 Å². The maximum Gasteiger partial charge on any atom is 0.115 e. The maximum atomic E-state index is 5.57. The molecule has 0 saturated carbocycles. The number of aromatic nitrogens is 2. The van der Waals surface area contributed by atoms with E-state index in [2.05, 4.69) is 30.7 Å². The monoisotopic (exact) mass is 179 g/mol. The molecule has 3 heteroatoms. The lowest BCUT2D eigenvalue weighted by molar-refractivity contribution is 0.723. The molecule has 72 valence electrons. The van der Waals surface area contributed by atoms with E-state index in [1.807, 2.05) is 6.07 Å². The van der Waals surface area contributed by atoms with E-state index in [4.69, 9.17) is 5.73 Å². The highest BCUT2D eigenvalue weighted by Crippen LogP contribution is 2.15. The molecule has 1 atom stereocenters. The maximum absolute atomic E-state index is 5.57. The molecule has 2 N–H and O–H groups in total. The molecule has 13 heavy (non-hydrogen) atoms. The Hall–Kier alpha value is -0.960. The second-order valence-electron chi connectivity index (χ2n) is 3.66. The van der Waals surface area contributed by atoms with Gasteiger partial charge in [0.05, 0.1) is 0 Å². The Balaban J connectivity index is 2.91. The van der Waals surface area contributed by atoms with E-state index in [9.17, 15) is 0 Å². The third kappa shape index (κ3) is 2.49. The zero-order valence-electron chi connectivity index (χ0n) is 8.49. The lowest BCUT2D eigenvalue weighted by Crippen LogP contribution is -2.11. The first kappa shape index (κ1) is 10.1. The minimum absolute atomic E-state index is 0.320. The minimum atomic E-state index is 0.320. The van der Waals surface area contributed by atoms with Crippen molar-refractivity contribution in [2.45, 2.75) is 32.6 Å². The molecule has 0 spiro atoms. The third-order valence-corrected chi connectivity index (χ3v) is 2.16. The quantitative estimate of drug-likeness (QED) is 0.767. The molecule has 3 nitrogen and oxygen atoms in total. The summed E-state index contributed by atoms with van der Waals surface area (Å²) in [7, 11) is 0. The van der Waals surface area contributed by atoms with Crippen LogP contribution in [0.5, 0.6) is 0 Å². The highest BCUT2D eigenvalue weighted by molar-refractivity contribution is 5.14. The van der Waals surface area contributed by atoms with Crippen LogP contribution in [0.15, 0.2) is 12.4 Å². The second kappa shape index (κ2) is 4.33. The van der Waals surface area contributed by atoms with Gasteiger partial charge in [-0.2, -0.15) is 0 Å². The molecular weight excluding hydrogens is 162 g/mol. The summed E-state index contributed by atoms with van der Waals surface area (Å²) >= 11 is 0. The van der Waals surface area contributed by atoms with Crippen molar-refractivity contribution in [2.24, 2.45) is 5.73 Å². The topological polar surface area (TPSA) is 51.8 Å². The number of hydrogen-bond donors (Lipinski definition) is 1. The molecule has 1 aromatic heterocycles. The SMILES string of the molecule is CC(C)c1cc(C(C)CN)ncn1. The van der Waals surface area contributed by atoms with Gasteiger partial charge in [0.1, 0.15) is 6.33 Å². The lowest BCUT2D eigenvalue weighted by Gasteiger charge is -2.10. The van der Waals surface area contributed by atoms with Crippen LogP contribution in [0.2, 0.25) is 0 Å². The first-order valence-corrected chi connectivity index (χ1v) is 4.67. The zero-order valence-corrected chi connectivity index (χ0v) is 8.49. The van der Waals surface area contributed by atoms with Crippen LogP contribution in [-0.4, -0.2) is 16.5 Å². The van der Waals surface area contributed by atoms with E-state index >= 15 is 0 Å². The molecule has 1 unspecified atom stereocenters. The van der Waals surface area contributed by atoms with Gasteiger partial charge < -0.3 is 5.73 Å². The Morgan fingerprint density at radius 2 is 1.85 bits per heavy atom. The molecule has 1 rings (SSSR count). The van der Waals surface area contributed by atoms with Crippen LogP contribution < -0.4 is 5.73 Å². The van der Waals surface area contributed by atoms with Gasteiger partial charge in [-0.05, 0) is 12.0 Å². The predicted molar refractivity (Wildman–Crippen MR) is 53.6 cm³/mol. The molecule has 0 amide bonds. The van der Waals surface area contributed by atoms with Crippen molar-refractivity contribution in [3.05, 3.63) is 23.8 Å². The summed E-state index contributed by atoms with van der Waals surface area (Å²) in [6.45, 7) is 6.96. The van der Waals surface area contributed by atoms with Crippen molar-refractivity contribution < 1.29 is 0 Å². The van der Waals surface area contributed by atoms with Crippen molar-refractivity contribution in [3.63, 3.8) is 0 Å². The average Bonchev–Trinajstić information content (AvgIpc) is 2.17. The van der Waals surface area contributed by atoms with E-state index < -0.39 is 0 Å². The summed E-state index contributed by atoms with van der Waals surface area (Å²) in [5.41, 5.74) is 7.70. The fraction of sp³-hybridized carbons (Fsp3) is 0.600.